The van der Waals surface area contributed by atoms with Gasteiger partial charge in [-0.1, -0.05) is 31.0 Å². The second-order valence-electron chi connectivity index (χ2n) is 13.9. The Morgan fingerprint density at radius 3 is 1.63 bits per heavy atom. The molecule has 0 bridgehead atoms. The van der Waals surface area contributed by atoms with E-state index in [1.165, 1.54) is 51.5 Å². The molecule has 3 aromatic heterocycles. The maximum Gasteiger partial charge on any atom is 0.314 e. The van der Waals surface area contributed by atoms with E-state index < -0.39 is 44.4 Å². The molecule has 2 aliphatic rings. The molecule has 5 heterocycles. The molecule has 5 aromatic rings. The smallest absolute Gasteiger partial charge is 0.314 e. The van der Waals surface area contributed by atoms with Crippen LogP contribution in [-0.2, 0) is 33.5 Å². The van der Waals surface area contributed by atoms with E-state index in [9.17, 15) is 39.2 Å². The van der Waals surface area contributed by atoms with Crippen LogP contribution in [-0.4, -0.2) is 84.1 Å². The number of benzene rings is 2. The third-order valence-electron chi connectivity index (χ3n) is 9.82. The minimum Gasteiger partial charge on any atom is -0.415 e. The van der Waals surface area contributed by atoms with E-state index in [0.717, 1.165) is 59.3 Å². The normalized spacial score (nSPS) is 15.3. The van der Waals surface area contributed by atoms with Crippen LogP contribution in [0.2, 0.25) is 0 Å². The van der Waals surface area contributed by atoms with Crippen molar-refractivity contribution in [1.82, 2.24) is 28.8 Å². The summed E-state index contributed by atoms with van der Waals surface area (Å²) in [7, 11) is -7.78. The van der Waals surface area contributed by atoms with Crippen molar-refractivity contribution in [3.05, 3.63) is 120 Å². The second kappa shape index (κ2) is 19.8. The molecular formula is C39H43F4N9O6S2. The Morgan fingerprint density at radius 1 is 0.717 bits per heavy atom. The van der Waals surface area contributed by atoms with E-state index in [2.05, 4.69) is 20.2 Å². The summed E-state index contributed by atoms with van der Waals surface area (Å²) in [4.78, 5) is 19.7. The zero-order chi connectivity index (χ0) is 42.9. The zero-order valence-corrected chi connectivity index (χ0v) is 33.9. The Bertz CT molecular complexity index is 2440. The molecule has 2 fully saturated rings. The van der Waals surface area contributed by atoms with Gasteiger partial charge in [-0.3, -0.25) is 23.4 Å². The number of halogens is 4. The van der Waals surface area contributed by atoms with E-state index in [-0.39, 0.29) is 53.6 Å². The van der Waals surface area contributed by atoms with Crippen molar-refractivity contribution in [3.8, 4) is 11.5 Å². The van der Waals surface area contributed by atoms with Crippen LogP contribution in [0, 0.1) is 11.6 Å². The molecule has 60 heavy (non-hydrogen) atoms. The number of ketones is 1. The van der Waals surface area contributed by atoms with Crippen LogP contribution in [0.4, 0.5) is 28.9 Å². The minimum atomic E-state index is -3.92. The van der Waals surface area contributed by atoms with E-state index in [0.29, 0.717) is 37.6 Å². The fourth-order valence-corrected chi connectivity index (χ4v) is 9.96. The molecule has 15 nitrogen and oxygen atoms in total. The Balaban J connectivity index is 0.000000203. The van der Waals surface area contributed by atoms with Gasteiger partial charge in [0.05, 0.1) is 43.4 Å². The van der Waals surface area contributed by atoms with Gasteiger partial charge in [-0.15, -0.1) is 10.2 Å². The number of Topliss-reactive ketones (excluding diaryl/α,β-unsaturated/α-hetero) is 1. The van der Waals surface area contributed by atoms with E-state index in [4.69, 9.17) is 10.2 Å². The maximum atomic E-state index is 14.9. The summed E-state index contributed by atoms with van der Waals surface area (Å²) in [6.07, 6.45) is 8.02. The molecule has 0 aliphatic carbocycles. The van der Waals surface area contributed by atoms with E-state index in [1.54, 1.807) is 30.5 Å². The molecular weight excluding hydrogens is 831 g/mol. The van der Waals surface area contributed by atoms with Gasteiger partial charge in [0.2, 0.25) is 5.89 Å². The SMILES string of the molecule is NCC(=O)c1ccc(CN(c2cccnc2)S(=O)(=O)N2CCCCC2)c(F)c1.O=S(=O)(N1CCCCC1)N(Cc1ccc(-c2nnc(C(F)F)o2)cc1F)c1cccnc1. The number of hydrogen-bond donors (Lipinski definition) is 1. The van der Waals surface area contributed by atoms with Crippen LogP contribution in [0.15, 0.2) is 89.9 Å². The van der Waals surface area contributed by atoms with Gasteiger partial charge in [0.25, 0.3) is 5.89 Å². The number of pyridine rings is 2. The average Bonchev–Trinajstić information content (AvgIpc) is 3.78. The standard InChI is InChI=1S/C20H20F3N5O3S.C19H23FN4O3S/c21-17-11-14(19-25-26-20(31-19)18(22)23)6-7-15(17)13-28(16-5-4-8-24-12-16)32(29,30)27-9-2-1-3-10-27;20-18-11-15(19(25)12-21)6-7-16(18)14-24(17-5-4-8-22-13-17)28(26,27)23-9-2-1-3-10-23/h4-8,11-12,18H,1-3,9-10,13H2;4-8,11,13H,1-3,9-10,12,14,21H2. The Hall–Kier alpha value is -5.35. The van der Waals surface area contributed by atoms with Crippen molar-refractivity contribution in [2.45, 2.75) is 58.0 Å². The summed E-state index contributed by atoms with van der Waals surface area (Å²) in [5.74, 6) is -2.88. The number of nitrogens with zero attached hydrogens (tertiary/aromatic N) is 8. The number of rotatable bonds is 14. The molecule has 0 radical (unpaired) electrons. The van der Waals surface area contributed by atoms with Crippen molar-refractivity contribution in [2.75, 3.05) is 41.3 Å². The molecule has 0 amide bonds. The highest BCUT2D eigenvalue weighted by atomic mass is 32.2. The molecule has 21 heteroatoms. The third kappa shape index (κ3) is 10.5. The summed E-state index contributed by atoms with van der Waals surface area (Å²) in [6.45, 7) is 0.964. The number of nitrogens with two attached hydrogens (primary N) is 1. The third-order valence-corrected chi connectivity index (χ3v) is 13.7. The summed E-state index contributed by atoms with van der Waals surface area (Å²) < 4.78 is 118. The quantitative estimate of drug-likeness (QED) is 0.101. The molecule has 320 valence electrons. The van der Waals surface area contributed by atoms with Crippen LogP contribution in [0.1, 0.15) is 72.3 Å². The number of piperidine rings is 2. The van der Waals surface area contributed by atoms with Crippen LogP contribution in [0.25, 0.3) is 11.5 Å². The van der Waals surface area contributed by atoms with Crippen molar-refractivity contribution >= 4 is 37.6 Å². The number of aromatic nitrogens is 4. The molecule has 7 rings (SSSR count). The van der Waals surface area contributed by atoms with Crippen molar-refractivity contribution in [3.63, 3.8) is 0 Å². The van der Waals surface area contributed by atoms with Crippen molar-refractivity contribution in [1.29, 1.82) is 0 Å². The Morgan fingerprint density at radius 2 is 1.22 bits per heavy atom. The lowest BCUT2D eigenvalue weighted by Crippen LogP contribution is -2.46. The van der Waals surface area contributed by atoms with Gasteiger partial charge >= 0.3 is 26.8 Å². The molecule has 0 atom stereocenters. The highest BCUT2D eigenvalue weighted by Crippen LogP contribution is 2.30. The minimum absolute atomic E-state index is 0.0896. The van der Waals surface area contributed by atoms with Gasteiger partial charge in [-0.25, -0.2) is 8.78 Å². The van der Waals surface area contributed by atoms with Crippen LogP contribution >= 0.6 is 0 Å². The molecule has 2 aliphatic heterocycles. The fourth-order valence-electron chi connectivity index (χ4n) is 6.61. The second-order valence-corrected chi connectivity index (χ2v) is 17.6. The summed E-state index contributed by atoms with van der Waals surface area (Å²) in [6, 6.07) is 14.3. The van der Waals surface area contributed by atoms with Gasteiger partial charge in [-0.05, 0) is 68.1 Å². The number of carbonyl (C=O) groups excluding carboxylic acids is 1. The highest BCUT2D eigenvalue weighted by Gasteiger charge is 2.33. The van der Waals surface area contributed by atoms with Gasteiger partial charge in [0.1, 0.15) is 11.6 Å². The van der Waals surface area contributed by atoms with E-state index >= 15 is 0 Å². The molecule has 2 aromatic carbocycles. The highest BCUT2D eigenvalue weighted by molar-refractivity contribution is 7.90. The van der Waals surface area contributed by atoms with E-state index in [1.807, 2.05) is 0 Å². The molecule has 0 spiro atoms. The number of alkyl halides is 2. The number of hydrogen-bond acceptors (Lipinski definition) is 11. The first-order chi connectivity index (χ1) is 28.8. The fraction of sp³-hybridized carbons (Fsp3) is 0.359. The maximum absolute atomic E-state index is 14.9. The van der Waals surface area contributed by atoms with Gasteiger partial charge in [-0.2, -0.15) is 34.2 Å². The van der Waals surface area contributed by atoms with Crippen LogP contribution in [0.3, 0.4) is 0 Å². The monoisotopic (exact) mass is 873 g/mol. The Labute approximate surface area is 345 Å². The van der Waals surface area contributed by atoms with Crippen LogP contribution < -0.4 is 14.3 Å². The van der Waals surface area contributed by atoms with Crippen LogP contribution in [0.5, 0.6) is 0 Å². The lowest BCUT2D eigenvalue weighted by atomic mass is 10.1. The van der Waals surface area contributed by atoms with Gasteiger partial charge in [0, 0.05) is 60.8 Å². The predicted octanol–water partition coefficient (Wildman–Crippen LogP) is 6.05. The lowest BCUT2D eigenvalue weighted by molar-refractivity contribution is 0.100. The first-order valence-electron chi connectivity index (χ1n) is 19.1. The predicted molar refractivity (Wildman–Crippen MR) is 214 cm³/mol. The van der Waals surface area contributed by atoms with Crippen molar-refractivity contribution < 1.29 is 43.6 Å². The summed E-state index contributed by atoms with van der Waals surface area (Å²) in [5.41, 5.74) is 6.50. The molecule has 0 saturated carbocycles. The average molecular weight is 874 g/mol. The zero-order valence-electron chi connectivity index (χ0n) is 32.3. The molecule has 2 saturated heterocycles. The van der Waals surface area contributed by atoms with Crippen molar-refractivity contribution in [2.24, 2.45) is 5.73 Å². The largest absolute Gasteiger partial charge is 0.415 e. The van der Waals surface area contributed by atoms with Gasteiger partial charge in [0.15, 0.2) is 5.78 Å². The molecule has 0 unspecified atom stereocenters. The topological polar surface area (TPSA) is 189 Å². The number of carbonyl (C=O) groups is 1. The molecule has 2 N–H and O–H groups in total. The Kier molecular flexibility index (Phi) is 14.6. The lowest BCUT2D eigenvalue weighted by Gasteiger charge is -2.33. The van der Waals surface area contributed by atoms with Gasteiger partial charge < -0.3 is 10.2 Å². The first kappa shape index (κ1) is 44.2. The first-order valence-corrected chi connectivity index (χ1v) is 21.9. The summed E-state index contributed by atoms with van der Waals surface area (Å²) >= 11 is 0. The summed E-state index contributed by atoms with van der Waals surface area (Å²) in [5, 5.41) is 6.73. The number of anilines is 2.